The molecule has 9 heteroatoms. The maximum atomic E-state index is 13.1. The predicted molar refractivity (Wildman–Crippen MR) is 151 cm³/mol. The van der Waals surface area contributed by atoms with Crippen LogP contribution in [0.1, 0.15) is 33.4 Å². The summed E-state index contributed by atoms with van der Waals surface area (Å²) in [4.78, 5) is 50.4. The number of nitrogens with one attached hydrogen (secondary N) is 3. The number of benzene rings is 3. The van der Waals surface area contributed by atoms with E-state index < -0.39 is 11.8 Å². The summed E-state index contributed by atoms with van der Waals surface area (Å²) in [6, 6.07) is 25.6. The summed E-state index contributed by atoms with van der Waals surface area (Å²) in [5, 5.41) is 8.24. The van der Waals surface area contributed by atoms with E-state index in [9.17, 15) is 19.2 Å². The van der Waals surface area contributed by atoms with Crippen LogP contribution in [0.4, 0.5) is 11.4 Å². The SMILES string of the molecule is CC(=O)c1ccc(NC(=O)CSc2cccc(NC(=O)/C(=C/c3ccco3)NC(=O)c3ccccc3)c2)cc1. The van der Waals surface area contributed by atoms with Gasteiger partial charge in [0, 0.05) is 33.5 Å². The van der Waals surface area contributed by atoms with Crippen molar-refractivity contribution in [3.8, 4) is 0 Å². The molecule has 4 rings (SSSR count). The molecule has 3 aromatic carbocycles. The Morgan fingerprint density at radius 1 is 0.795 bits per heavy atom. The number of amides is 3. The number of ketones is 1. The third kappa shape index (κ3) is 8.05. The highest BCUT2D eigenvalue weighted by atomic mass is 32.2. The number of carbonyl (C=O) groups is 4. The van der Waals surface area contributed by atoms with Gasteiger partial charge in [0.05, 0.1) is 12.0 Å². The van der Waals surface area contributed by atoms with E-state index in [1.165, 1.54) is 31.0 Å². The van der Waals surface area contributed by atoms with Crippen molar-refractivity contribution in [3.05, 3.63) is 120 Å². The molecule has 0 unspecified atom stereocenters. The van der Waals surface area contributed by atoms with Crippen molar-refractivity contribution in [2.75, 3.05) is 16.4 Å². The third-order valence-corrected chi connectivity index (χ3v) is 6.39. The fourth-order valence-corrected chi connectivity index (χ4v) is 4.21. The molecule has 0 saturated carbocycles. The molecule has 196 valence electrons. The molecule has 0 spiro atoms. The first-order valence-electron chi connectivity index (χ1n) is 11.9. The number of carbonyl (C=O) groups excluding carboxylic acids is 4. The monoisotopic (exact) mass is 539 g/mol. The van der Waals surface area contributed by atoms with Crippen LogP contribution in [0.5, 0.6) is 0 Å². The van der Waals surface area contributed by atoms with E-state index in [1.807, 2.05) is 6.07 Å². The third-order valence-electron chi connectivity index (χ3n) is 5.40. The summed E-state index contributed by atoms with van der Waals surface area (Å²) in [6.45, 7) is 1.48. The second-order valence-electron chi connectivity index (χ2n) is 8.35. The molecule has 4 aromatic rings. The van der Waals surface area contributed by atoms with Crippen LogP contribution in [-0.4, -0.2) is 29.3 Å². The smallest absolute Gasteiger partial charge is 0.272 e. The van der Waals surface area contributed by atoms with Gasteiger partial charge in [0.15, 0.2) is 5.78 Å². The summed E-state index contributed by atoms with van der Waals surface area (Å²) in [6.07, 6.45) is 2.92. The Kier molecular flexibility index (Phi) is 9.10. The maximum absolute atomic E-state index is 13.1. The molecule has 0 aliphatic heterocycles. The molecular weight excluding hydrogens is 514 g/mol. The highest BCUT2D eigenvalue weighted by molar-refractivity contribution is 8.00. The van der Waals surface area contributed by atoms with E-state index in [4.69, 9.17) is 4.42 Å². The average molecular weight is 540 g/mol. The largest absolute Gasteiger partial charge is 0.465 e. The molecule has 3 N–H and O–H groups in total. The van der Waals surface area contributed by atoms with Crippen LogP contribution in [0.15, 0.2) is 112 Å². The number of hydrogen-bond acceptors (Lipinski definition) is 6. The van der Waals surface area contributed by atoms with Gasteiger partial charge in [0.2, 0.25) is 5.91 Å². The lowest BCUT2D eigenvalue weighted by molar-refractivity contribution is -0.114. The van der Waals surface area contributed by atoms with E-state index in [1.54, 1.807) is 84.9 Å². The highest BCUT2D eigenvalue weighted by Gasteiger charge is 2.16. The molecule has 1 heterocycles. The zero-order chi connectivity index (χ0) is 27.6. The molecule has 1 aromatic heterocycles. The zero-order valence-corrected chi connectivity index (χ0v) is 21.8. The van der Waals surface area contributed by atoms with Crippen LogP contribution in [0, 0.1) is 0 Å². The molecule has 8 nitrogen and oxygen atoms in total. The number of thioether (sulfide) groups is 1. The minimum atomic E-state index is -0.537. The van der Waals surface area contributed by atoms with Crippen LogP contribution in [-0.2, 0) is 9.59 Å². The van der Waals surface area contributed by atoms with Gasteiger partial charge < -0.3 is 20.4 Å². The average Bonchev–Trinajstić information content (AvgIpc) is 3.46. The molecule has 0 aliphatic carbocycles. The molecule has 0 atom stereocenters. The Morgan fingerprint density at radius 3 is 2.26 bits per heavy atom. The van der Waals surface area contributed by atoms with Crippen LogP contribution < -0.4 is 16.0 Å². The van der Waals surface area contributed by atoms with Crippen molar-refractivity contribution < 1.29 is 23.6 Å². The number of rotatable bonds is 10. The number of anilines is 2. The van der Waals surface area contributed by atoms with E-state index >= 15 is 0 Å². The lowest BCUT2D eigenvalue weighted by atomic mass is 10.1. The van der Waals surface area contributed by atoms with Crippen molar-refractivity contribution >= 4 is 52.7 Å². The van der Waals surface area contributed by atoms with Gasteiger partial charge in [0.1, 0.15) is 11.5 Å². The van der Waals surface area contributed by atoms with E-state index in [2.05, 4.69) is 16.0 Å². The van der Waals surface area contributed by atoms with E-state index in [0.29, 0.717) is 28.3 Å². The van der Waals surface area contributed by atoms with Gasteiger partial charge in [-0.3, -0.25) is 19.2 Å². The van der Waals surface area contributed by atoms with Gasteiger partial charge >= 0.3 is 0 Å². The first-order chi connectivity index (χ1) is 18.9. The Bertz CT molecular complexity index is 1500. The molecular formula is C30H25N3O5S. The van der Waals surface area contributed by atoms with Gasteiger partial charge in [-0.25, -0.2) is 0 Å². The summed E-state index contributed by atoms with van der Waals surface area (Å²) < 4.78 is 5.32. The first kappa shape index (κ1) is 27.2. The number of Topliss-reactive ketones (excluding diaryl/α,β-unsaturated/α-hetero) is 1. The standard InChI is InChI=1S/C30H25N3O5S/c1-20(34)21-12-14-23(15-13-21)31-28(35)19-39-26-11-5-9-24(17-26)32-30(37)27(18-25-10-6-16-38-25)33-29(36)22-7-3-2-4-8-22/h2-18H,19H2,1H3,(H,31,35)(H,32,37)(H,33,36)/b27-18-. The van der Waals surface area contributed by atoms with Gasteiger partial charge in [-0.05, 0) is 73.7 Å². The lowest BCUT2D eigenvalue weighted by Crippen LogP contribution is -2.30. The number of furan rings is 1. The van der Waals surface area contributed by atoms with Crippen LogP contribution in [0.2, 0.25) is 0 Å². The fraction of sp³-hybridized carbons (Fsp3) is 0.0667. The second kappa shape index (κ2) is 13.1. The second-order valence-corrected chi connectivity index (χ2v) is 9.39. The lowest BCUT2D eigenvalue weighted by Gasteiger charge is -2.12. The summed E-state index contributed by atoms with van der Waals surface area (Å²) in [5.74, 6) is -0.683. The Hall–Kier alpha value is -4.89. The Morgan fingerprint density at radius 2 is 1.56 bits per heavy atom. The molecule has 39 heavy (non-hydrogen) atoms. The minimum absolute atomic E-state index is 0.00651. The van der Waals surface area contributed by atoms with Crippen LogP contribution in [0.3, 0.4) is 0 Å². The summed E-state index contributed by atoms with van der Waals surface area (Å²) >= 11 is 1.30. The summed E-state index contributed by atoms with van der Waals surface area (Å²) in [7, 11) is 0. The molecule has 0 fully saturated rings. The van der Waals surface area contributed by atoms with Crippen molar-refractivity contribution in [2.24, 2.45) is 0 Å². The fourth-order valence-electron chi connectivity index (χ4n) is 3.45. The Balaban J connectivity index is 1.39. The predicted octanol–water partition coefficient (Wildman–Crippen LogP) is 5.62. The van der Waals surface area contributed by atoms with Gasteiger partial charge in [-0.1, -0.05) is 24.3 Å². The van der Waals surface area contributed by atoms with Gasteiger partial charge in [0.25, 0.3) is 11.8 Å². The topological polar surface area (TPSA) is 118 Å². The normalized spacial score (nSPS) is 10.9. The molecule has 0 radical (unpaired) electrons. The zero-order valence-electron chi connectivity index (χ0n) is 21.0. The number of hydrogen-bond donors (Lipinski definition) is 3. The molecule has 0 saturated heterocycles. The molecule has 3 amide bonds. The minimum Gasteiger partial charge on any atom is -0.465 e. The summed E-state index contributed by atoms with van der Waals surface area (Å²) in [5.41, 5.74) is 2.07. The van der Waals surface area contributed by atoms with E-state index in [-0.39, 0.29) is 23.1 Å². The van der Waals surface area contributed by atoms with Crippen molar-refractivity contribution in [1.29, 1.82) is 0 Å². The highest BCUT2D eigenvalue weighted by Crippen LogP contribution is 2.23. The Labute approximate surface area is 229 Å². The van der Waals surface area contributed by atoms with E-state index in [0.717, 1.165) is 4.90 Å². The van der Waals surface area contributed by atoms with Gasteiger partial charge in [-0.2, -0.15) is 0 Å². The van der Waals surface area contributed by atoms with Crippen molar-refractivity contribution in [1.82, 2.24) is 5.32 Å². The quantitative estimate of drug-likeness (QED) is 0.137. The van der Waals surface area contributed by atoms with Crippen LogP contribution >= 0.6 is 11.8 Å². The first-order valence-corrected chi connectivity index (χ1v) is 12.9. The maximum Gasteiger partial charge on any atom is 0.272 e. The molecule has 0 bridgehead atoms. The molecule has 0 aliphatic rings. The van der Waals surface area contributed by atoms with Crippen LogP contribution in [0.25, 0.3) is 6.08 Å². The van der Waals surface area contributed by atoms with Gasteiger partial charge in [-0.15, -0.1) is 11.8 Å². The van der Waals surface area contributed by atoms with Crippen molar-refractivity contribution in [3.63, 3.8) is 0 Å². The van der Waals surface area contributed by atoms with Crippen molar-refractivity contribution in [2.45, 2.75) is 11.8 Å².